The molecule has 0 aliphatic carbocycles. The Bertz CT molecular complexity index is 115. The van der Waals surface area contributed by atoms with Crippen molar-refractivity contribution in [3.05, 3.63) is 0 Å². The second-order valence-corrected chi connectivity index (χ2v) is 2.51. The fourth-order valence-corrected chi connectivity index (χ4v) is 0.622. The van der Waals surface area contributed by atoms with Crippen LogP contribution in [0.5, 0.6) is 0 Å². The lowest BCUT2D eigenvalue weighted by Crippen LogP contribution is -2.32. The molecule has 0 rings (SSSR count). The van der Waals surface area contributed by atoms with Gasteiger partial charge in [-0.3, -0.25) is 4.79 Å². The standard InChI is InChI=1S/C7H16N2O2/c1-6(8)5-9-4-3-7(10)11-2/h6,9H,3-5,8H2,1-2H3. The highest BCUT2D eigenvalue weighted by Crippen LogP contribution is 1.80. The van der Waals surface area contributed by atoms with Crippen LogP contribution in [0, 0.1) is 0 Å². The maximum Gasteiger partial charge on any atom is 0.306 e. The smallest absolute Gasteiger partial charge is 0.306 e. The van der Waals surface area contributed by atoms with Crippen LogP contribution < -0.4 is 11.1 Å². The molecule has 0 radical (unpaired) electrons. The molecule has 3 N–H and O–H groups in total. The molecule has 0 bridgehead atoms. The van der Waals surface area contributed by atoms with Gasteiger partial charge in [0.25, 0.3) is 0 Å². The number of nitrogens with two attached hydrogens (primary N) is 1. The van der Waals surface area contributed by atoms with E-state index in [1.54, 1.807) is 0 Å². The van der Waals surface area contributed by atoms with Gasteiger partial charge in [-0.2, -0.15) is 0 Å². The Morgan fingerprint density at radius 2 is 2.36 bits per heavy atom. The van der Waals surface area contributed by atoms with Gasteiger partial charge < -0.3 is 15.8 Å². The molecule has 4 heteroatoms. The normalized spacial score (nSPS) is 12.6. The molecular formula is C7H16N2O2. The third-order valence-electron chi connectivity index (χ3n) is 1.20. The first-order valence-electron chi connectivity index (χ1n) is 3.70. The van der Waals surface area contributed by atoms with E-state index in [1.165, 1.54) is 7.11 Å². The summed E-state index contributed by atoms with van der Waals surface area (Å²) < 4.78 is 4.45. The number of carbonyl (C=O) groups is 1. The second-order valence-electron chi connectivity index (χ2n) is 2.51. The average Bonchev–Trinajstić information content (AvgIpc) is 1.97. The van der Waals surface area contributed by atoms with Crippen LogP contribution in [0.4, 0.5) is 0 Å². The van der Waals surface area contributed by atoms with E-state index in [-0.39, 0.29) is 12.0 Å². The van der Waals surface area contributed by atoms with Gasteiger partial charge in [0, 0.05) is 19.1 Å². The van der Waals surface area contributed by atoms with Crippen LogP contribution in [0.3, 0.4) is 0 Å². The lowest BCUT2D eigenvalue weighted by Gasteiger charge is -2.05. The van der Waals surface area contributed by atoms with Crippen molar-refractivity contribution in [1.29, 1.82) is 0 Å². The van der Waals surface area contributed by atoms with Crippen molar-refractivity contribution in [3.8, 4) is 0 Å². The third-order valence-corrected chi connectivity index (χ3v) is 1.20. The van der Waals surface area contributed by atoms with E-state index in [0.29, 0.717) is 13.0 Å². The number of ether oxygens (including phenoxy) is 1. The van der Waals surface area contributed by atoms with Crippen LogP contribution in [-0.4, -0.2) is 32.2 Å². The topological polar surface area (TPSA) is 64.3 Å². The molecule has 0 amide bonds. The van der Waals surface area contributed by atoms with Crippen molar-refractivity contribution in [3.63, 3.8) is 0 Å². The first kappa shape index (κ1) is 10.4. The maximum absolute atomic E-state index is 10.6. The monoisotopic (exact) mass is 160 g/mol. The molecule has 0 heterocycles. The van der Waals surface area contributed by atoms with E-state index >= 15 is 0 Å². The van der Waals surface area contributed by atoms with Gasteiger partial charge in [-0.25, -0.2) is 0 Å². The lowest BCUT2D eigenvalue weighted by molar-refractivity contribution is -0.140. The zero-order valence-corrected chi connectivity index (χ0v) is 7.09. The van der Waals surface area contributed by atoms with Crippen molar-refractivity contribution in [2.24, 2.45) is 5.73 Å². The Hall–Kier alpha value is -0.610. The molecule has 0 fully saturated rings. The van der Waals surface area contributed by atoms with E-state index in [1.807, 2.05) is 6.92 Å². The van der Waals surface area contributed by atoms with Crippen LogP contribution >= 0.6 is 0 Å². The van der Waals surface area contributed by atoms with Crippen molar-refractivity contribution in [1.82, 2.24) is 5.32 Å². The molecule has 0 aromatic rings. The Morgan fingerprint density at radius 3 is 2.82 bits per heavy atom. The van der Waals surface area contributed by atoms with Gasteiger partial charge in [0.15, 0.2) is 0 Å². The fourth-order valence-electron chi connectivity index (χ4n) is 0.622. The minimum absolute atomic E-state index is 0.132. The van der Waals surface area contributed by atoms with Crippen molar-refractivity contribution in [2.45, 2.75) is 19.4 Å². The number of hydrogen-bond acceptors (Lipinski definition) is 4. The summed E-state index contributed by atoms with van der Waals surface area (Å²) in [4.78, 5) is 10.6. The Labute approximate surface area is 67.1 Å². The van der Waals surface area contributed by atoms with Gasteiger partial charge in [0.05, 0.1) is 13.5 Å². The van der Waals surface area contributed by atoms with E-state index in [4.69, 9.17) is 5.73 Å². The van der Waals surface area contributed by atoms with Gasteiger partial charge >= 0.3 is 5.97 Å². The van der Waals surface area contributed by atoms with Crippen LogP contribution in [-0.2, 0) is 9.53 Å². The largest absolute Gasteiger partial charge is 0.469 e. The highest BCUT2D eigenvalue weighted by molar-refractivity contribution is 5.69. The number of esters is 1. The molecule has 11 heavy (non-hydrogen) atoms. The van der Waals surface area contributed by atoms with E-state index in [9.17, 15) is 4.79 Å². The second kappa shape index (κ2) is 6.12. The van der Waals surface area contributed by atoms with Crippen LogP contribution in [0.1, 0.15) is 13.3 Å². The highest BCUT2D eigenvalue weighted by Gasteiger charge is 1.98. The summed E-state index contributed by atoms with van der Waals surface area (Å²) in [5.74, 6) is -0.192. The van der Waals surface area contributed by atoms with Crippen LogP contribution in [0.15, 0.2) is 0 Å². The number of methoxy groups -OCH3 is 1. The molecule has 0 aliphatic heterocycles. The lowest BCUT2D eigenvalue weighted by atomic mass is 10.3. The first-order valence-corrected chi connectivity index (χ1v) is 3.70. The zero-order chi connectivity index (χ0) is 8.69. The first-order chi connectivity index (χ1) is 5.16. The molecule has 0 saturated carbocycles. The van der Waals surface area contributed by atoms with E-state index in [0.717, 1.165) is 6.54 Å². The van der Waals surface area contributed by atoms with E-state index in [2.05, 4.69) is 10.1 Å². The van der Waals surface area contributed by atoms with Crippen LogP contribution in [0.25, 0.3) is 0 Å². The van der Waals surface area contributed by atoms with Crippen molar-refractivity contribution in [2.75, 3.05) is 20.2 Å². The van der Waals surface area contributed by atoms with Crippen LogP contribution in [0.2, 0.25) is 0 Å². The molecule has 0 saturated heterocycles. The van der Waals surface area contributed by atoms with E-state index < -0.39 is 0 Å². The number of hydrogen-bond donors (Lipinski definition) is 2. The third kappa shape index (κ3) is 7.29. The quantitative estimate of drug-likeness (QED) is 0.420. The molecule has 1 atom stereocenters. The van der Waals surface area contributed by atoms with Gasteiger partial charge in [0.2, 0.25) is 0 Å². The summed E-state index contributed by atoms with van der Waals surface area (Å²) in [5, 5.41) is 3.02. The molecular weight excluding hydrogens is 144 g/mol. The van der Waals surface area contributed by atoms with Gasteiger partial charge in [-0.1, -0.05) is 0 Å². The molecule has 4 nitrogen and oxygen atoms in total. The van der Waals surface area contributed by atoms with Gasteiger partial charge in [-0.15, -0.1) is 0 Å². The number of carbonyl (C=O) groups excluding carboxylic acids is 1. The summed E-state index contributed by atoms with van der Waals surface area (Å²) in [6, 6.07) is 0.132. The Kier molecular flexibility index (Phi) is 5.78. The summed E-state index contributed by atoms with van der Waals surface area (Å²) in [5.41, 5.74) is 5.46. The number of nitrogens with one attached hydrogen (secondary N) is 1. The molecule has 66 valence electrons. The molecule has 0 aliphatic rings. The number of rotatable bonds is 5. The zero-order valence-electron chi connectivity index (χ0n) is 7.09. The predicted molar refractivity (Wildman–Crippen MR) is 43.2 cm³/mol. The Morgan fingerprint density at radius 1 is 1.73 bits per heavy atom. The Balaban J connectivity index is 3.08. The molecule has 0 aromatic carbocycles. The van der Waals surface area contributed by atoms with Gasteiger partial charge in [0.1, 0.15) is 0 Å². The molecule has 0 spiro atoms. The SMILES string of the molecule is COC(=O)CCNCC(C)N. The minimum Gasteiger partial charge on any atom is -0.469 e. The summed E-state index contributed by atoms with van der Waals surface area (Å²) in [7, 11) is 1.38. The van der Waals surface area contributed by atoms with Crippen molar-refractivity contribution < 1.29 is 9.53 Å². The summed E-state index contributed by atoms with van der Waals surface area (Å²) in [6.45, 7) is 3.27. The predicted octanol–water partition coefficient (Wildman–Crippen LogP) is -0.514. The highest BCUT2D eigenvalue weighted by atomic mass is 16.5. The summed E-state index contributed by atoms with van der Waals surface area (Å²) >= 11 is 0. The van der Waals surface area contributed by atoms with Crippen molar-refractivity contribution >= 4 is 5.97 Å². The fraction of sp³-hybridized carbons (Fsp3) is 0.857. The average molecular weight is 160 g/mol. The molecule has 1 unspecified atom stereocenters. The minimum atomic E-state index is -0.192. The van der Waals surface area contributed by atoms with Gasteiger partial charge in [-0.05, 0) is 6.92 Å². The maximum atomic E-state index is 10.6. The summed E-state index contributed by atoms with van der Waals surface area (Å²) in [6.07, 6.45) is 0.406. The molecule has 0 aromatic heterocycles.